The molecule has 1 aliphatic carbocycles. The molecule has 1 atom stereocenters. The molecule has 1 unspecified atom stereocenters. The third-order valence-corrected chi connectivity index (χ3v) is 7.52. The molecule has 1 heterocycles. The zero-order valence-corrected chi connectivity index (χ0v) is 20.9. The Bertz CT molecular complexity index is 1210. The van der Waals surface area contributed by atoms with E-state index in [1.54, 1.807) is 24.3 Å². The van der Waals surface area contributed by atoms with Crippen LogP contribution in [0.25, 0.3) is 0 Å². The lowest BCUT2D eigenvalue weighted by molar-refractivity contribution is 0.102. The predicted molar refractivity (Wildman–Crippen MR) is 144 cm³/mol. The van der Waals surface area contributed by atoms with Crippen molar-refractivity contribution in [3.63, 3.8) is 0 Å². The summed E-state index contributed by atoms with van der Waals surface area (Å²) in [5.74, 6) is -0.405. The summed E-state index contributed by atoms with van der Waals surface area (Å²) in [4.78, 5) is 27.9. The Morgan fingerprint density at radius 3 is 2.24 bits per heavy atom. The van der Waals surface area contributed by atoms with E-state index in [9.17, 15) is 14.0 Å². The molecule has 3 aromatic carbocycles. The minimum absolute atomic E-state index is 0.198. The van der Waals surface area contributed by atoms with Crippen LogP contribution in [0.4, 0.5) is 20.6 Å². The topological polar surface area (TPSA) is 73.5 Å². The fraction of sp³-hybridized carbons (Fsp3) is 0.333. The zero-order valence-electron chi connectivity index (χ0n) is 20.9. The largest absolute Gasteiger partial charge is 0.331 e. The molecule has 2 fully saturated rings. The molecule has 5 rings (SSSR count). The highest BCUT2D eigenvalue weighted by Gasteiger charge is 2.42. The molecule has 1 saturated heterocycles. The lowest BCUT2D eigenvalue weighted by atomic mass is 9.76. The first-order chi connectivity index (χ1) is 18.0. The first kappa shape index (κ1) is 25.0. The number of halogens is 1. The first-order valence-corrected chi connectivity index (χ1v) is 13.0. The number of carbonyl (C=O) groups is 2. The number of hydrogen-bond donors (Lipinski definition) is 3. The van der Waals surface area contributed by atoms with Crippen molar-refractivity contribution in [2.75, 3.05) is 23.7 Å². The molecule has 3 N–H and O–H groups in total. The van der Waals surface area contributed by atoms with Gasteiger partial charge in [-0.1, -0.05) is 30.3 Å². The number of amides is 3. The molecule has 3 amide bonds. The van der Waals surface area contributed by atoms with Crippen LogP contribution < -0.4 is 16.0 Å². The van der Waals surface area contributed by atoms with Gasteiger partial charge in [0.25, 0.3) is 5.91 Å². The maximum atomic E-state index is 13.3. The maximum Gasteiger partial charge on any atom is 0.319 e. The normalized spacial score (nSPS) is 18.6. The van der Waals surface area contributed by atoms with E-state index in [2.05, 4.69) is 20.9 Å². The van der Waals surface area contributed by atoms with Crippen molar-refractivity contribution in [3.8, 4) is 0 Å². The van der Waals surface area contributed by atoms with Crippen LogP contribution in [0.2, 0.25) is 0 Å². The van der Waals surface area contributed by atoms with Gasteiger partial charge in [-0.2, -0.15) is 0 Å². The summed E-state index contributed by atoms with van der Waals surface area (Å²) in [6.07, 6.45) is 6.16. The monoisotopic (exact) mass is 500 g/mol. The van der Waals surface area contributed by atoms with Gasteiger partial charge in [0.15, 0.2) is 0 Å². The second-order valence-electron chi connectivity index (χ2n) is 10.2. The van der Waals surface area contributed by atoms with Gasteiger partial charge >= 0.3 is 6.03 Å². The van der Waals surface area contributed by atoms with E-state index in [4.69, 9.17) is 0 Å². The van der Waals surface area contributed by atoms with Gasteiger partial charge in [-0.05, 0) is 99.2 Å². The predicted octanol–water partition coefficient (Wildman–Crippen LogP) is 5.83. The van der Waals surface area contributed by atoms with Crippen molar-refractivity contribution in [3.05, 3.63) is 95.8 Å². The minimum Gasteiger partial charge on any atom is -0.331 e. The molecule has 2 aliphatic rings. The van der Waals surface area contributed by atoms with Crippen molar-refractivity contribution in [1.29, 1.82) is 0 Å². The molecule has 1 saturated carbocycles. The van der Waals surface area contributed by atoms with Crippen LogP contribution in [0.3, 0.4) is 0 Å². The highest BCUT2D eigenvalue weighted by atomic mass is 19.1. The van der Waals surface area contributed by atoms with Gasteiger partial charge in [-0.3, -0.25) is 9.69 Å². The molecule has 0 spiro atoms. The Labute approximate surface area is 217 Å². The van der Waals surface area contributed by atoms with Gasteiger partial charge in [0.05, 0.1) is 5.54 Å². The fourth-order valence-corrected chi connectivity index (χ4v) is 5.37. The van der Waals surface area contributed by atoms with E-state index in [0.717, 1.165) is 62.9 Å². The minimum atomic E-state index is -0.231. The van der Waals surface area contributed by atoms with E-state index >= 15 is 0 Å². The summed E-state index contributed by atoms with van der Waals surface area (Å²) >= 11 is 0. The highest BCUT2D eigenvalue weighted by Crippen LogP contribution is 2.35. The Morgan fingerprint density at radius 2 is 1.57 bits per heavy atom. The average molecular weight is 501 g/mol. The van der Waals surface area contributed by atoms with Crippen LogP contribution in [0, 0.1) is 5.82 Å². The van der Waals surface area contributed by atoms with Crippen LogP contribution in [0.15, 0.2) is 78.9 Å². The second kappa shape index (κ2) is 11.1. The Hall–Kier alpha value is -3.71. The van der Waals surface area contributed by atoms with Crippen LogP contribution in [-0.4, -0.2) is 41.5 Å². The molecule has 0 radical (unpaired) electrons. The van der Waals surface area contributed by atoms with E-state index < -0.39 is 0 Å². The first-order valence-electron chi connectivity index (χ1n) is 13.0. The quantitative estimate of drug-likeness (QED) is 0.364. The molecule has 6 nitrogen and oxygen atoms in total. The zero-order chi connectivity index (χ0) is 25.7. The van der Waals surface area contributed by atoms with Gasteiger partial charge in [0.1, 0.15) is 5.82 Å². The highest BCUT2D eigenvalue weighted by molar-refractivity contribution is 6.04. The number of nitrogens with one attached hydrogen (secondary N) is 3. The van der Waals surface area contributed by atoms with E-state index in [1.807, 2.05) is 42.5 Å². The second-order valence-corrected chi connectivity index (χ2v) is 10.2. The van der Waals surface area contributed by atoms with Crippen molar-refractivity contribution in [2.45, 2.75) is 50.1 Å². The number of likely N-dealkylation sites (tertiary alicyclic amines) is 1. The SMILES string of the molecule is O=C(Nc1ccc(C(=O)Nc2ccccc2)cc1)NC1(CN2CCCC2Cc2ccc(F)cc2)CCC1. The molecule has 0 bridgehead atoms. The fourth-order valence-electron chi connectivity index (χ4n) is 5.37. The van der Waals surface area contributed by atoms with Gasteiger partial charge < -0.3 is 16.0 Å². The number of hydrogen-bond acceptors (Lipinski definition) is 3. The number of rotatable bonds is 8. The summed E-state index contributed by atoms with van der Waals surface area (Å²) < 4.78 is 13.3. The summed E-state index contributed by atoms with van der Waals surface area (Å²) in [7, 11) is 0. The molecule has 7 heteroatoms. The molecule has 1 aliphatic heterocycles. The molecular formula is C30H33FN4O2. The van der Waals surface area contributed by atoms with Crippen LogP contribution in [0.5, 0.6) is 0 Å². The summed E-state index contributed by atoms with van der Waals surface area (Å²) in [5.41, 5.74) is 2.81. The molecule has 37 heavy (non-hydrogen) atoms. The lowest BCUT2D eigenvalue weighted by Gasteiger charge is -2.46. The van der Waals surface area contributed by atoms with Crippen molar-refractivity contribution in [2.24, 2.45) is 0 Å². The molecular weight excluding hydrogens is 467 g/mol. The van der Waals surface area contributed by atoms with E-state index in [0.29, 0.717) is 17.3 Å². The van der Waals surface area contributed by atoms with Crippen LogP contribution in [0.1, 0.15) is 48.0 Å². The van der Waals surface area contributed by atoms with Gasteiger partial charge in [0, 0.05) is 29.5 Å². The number of carbonyl (C=O) groups excluding carboxylic acids is 2. The smallest absolute Gasteiger partial charge is 0.319 e. The number of benzene rings is 3. The standard InChI is InChI=1S/C30H33FN4O2/c31-24-13-9-22(10-14-24)20-27-8-4-19-35(27)21-30(17-5-18-30)34-29(37)33-26-15-11-23(12-16-26)28(36)32-25-6-2-1-3-7-25/h1-3,6-7,9-16,27H,4-5,8,17-21H2,(H,32,36)(H2,33,34,37). The lowest BCUT2D eigenvalue weighted by Crippen LogP contribution is -2.61. The van der Waals surface area contributed by atoms with Gasteiger partial charge in [0.2, 0.25) is 0 Å². The van der Waals surface area contributed by atoms with E-state index in [-0.39, 0.29) is 23.3 Å². The molecule has 192 valence electrons. The number of urea groups is 1. The maximum absolute atomic E-state index is 13.3. The number of anilines is 2. The van der Waals surface area contributed by atoms with Crippen LogP contribution in [-0.2, 0) is 6.42 Å². The Morgan fingerprint density at radius 1 is 0.865 bits per heavy atom. The molecule has 0 aromatic heterocycles. The Balaban J connectivity index is 1.15. The van der Waals surface area contributed by atoms with Gasteiger partial charge in [-0.25, -0.2) is 9.18 Å². The van der Waals surface area contributed by atoms with Crippen molar-refractivity contribution < 1.29 is 14.0 Å². The number of nitrogens with zero attached hydrogens (tertiary/aromatic N) is 1. The average Bonchev–Trinajstić information content (AvgIpc) is 3.31. The Kier molecular flexibility index (Phi) is 7.51. The molecule has 3 aromatic rings. The third-order valence-electron chi connectivity index (χ3n) is 7.52. The summed E-state index contributed by atoms with van der Waals surface area (Å²) in [6, 6.07) is 23.2. The van der Waals surface area contributed by atoms with Gasteiger partial charge in [-0.15, -0.1) is 0 Å². The third kappa shape index (κ3) is 6.35. The van der Waals surface area contributed by atoms with Crippen molar-refractivity contribution >= 4 is 23.3 Å². The van der Waals surface area contributed by atoms with Crippen LogP contribution >= 0.6 is 0 Å². The summed E-state index contributed by atoms with van der Waals surface area (Å²) in [5, 5.41) is 9.03. The van der Waals surface area contributed by atoms with E-state index in [1.165, 1.54) is 12.1 Å². The summed E-state index contributed by atoms with van der Waals surface area (Å²) in [6.45, 7) is 1.84. The number of para-hydroxylation sites is 1. The van der Waals surface area contributed by atoms with Crippen molar-refractivity contribution in [1.82, 2.24) is 10.2 Å².